The first-order valence-corrected chi connectivity index (χ1v) is 7.09. The number of aromatic nitrogens is 2. The summed E-state index contributed by atoms with van der Waals surface area (Å²) in [6.07, 6.45) is 0. The third-order valence-electron chi connectivity index (χ3n) is 2.88. The molecule has 0 radical (unpaired) electrons. The van der Waals surface area contributed by atoms with Crippen LogP contribution in [0.25, 0.3) is 0 Å². The summed E-state index contributed by atoms with van der Waals surface area (Å²) in [6, 6.07) is 7.21. The molecule has 0 amide bonds. The fourth-order valence-electron chi connectivity index (χ4n) is 1.85. The first-order valence-electron chi connectivity index (χ1n) is 6.33. The number of benzene rings is 1. The van der Waals surface area contributed by atoms with Crippen molar-refractivity contribution >= 4 is 23.2 Å². The molecule has 0 saturated carbocycles. The van der Waals surface area contributed by atoms with Crippen LogP contribution in [0.5, 0.6) is 11.6 Å². The lowest BCUT2D eigenvalue weighted by molar-refractivity contribution is 0.453. The van der Waals surface area contributed by atoms with Gasteiger partial charge in [-0.2, -0.15) is 5.26 Å². The standard InChI is InChI=1S/C15H13Cl2N3O/c1-8(2)10-6-14(20-19-13(10)7-18)21-15-11(16)4-9(3)5-12(15)17/h4-6,8H,1-3H3. The molecule has 0 aliphatic rings. The van der Waals surface area contributed by atoms with Crippen molar-refractivity contribution in [3.05, 3.63) is 45.1 Å². The van der Waals surface area contributed by atoms with E-state index >= 15 is 0 Å². The minimum Gasteiger partial charge on any atom is -0.434 e. The quantitative estimate of drug-likeness (QED) is 0.808. The minimum absolute atomic E-state index is 0.126. The van der Waals surface area contributed by atoms with Crippen molar-refractivity contribution in [3.63, 3.8) is 0 Å². The molecule has 0 spiro atoms. The summed E-state index contributed by atoms with van der Waals surface area (Å²) in [5, 5.41) is 17.6. The Kier molecular flexibility index (Phi) is 4.66. The Bertz CT molecular complexity index is 700. The number of hydrogen-bond acceptors (Lipinski definition) is 4. The molecule has 2 aromatic rings. The van der Waals surface area contributed by atoms with Gasteiger partial charge in [0, 0.05) is 6.07 Å². The van der Waals surface area contributed by atoms with Crippen LogP contribution in [0.1, 0.15) is 36.6 Å². The highest BCUT2D eigenvalue weighted by Gasteiger charge is 2.14. The van der Waals surface area contributed by atoms with Crippen molar-refractivity contribution in [3.8, 4) is 17.7 Å². The highest BCUT2D eigenvalue weighted by molar-refractivity contribution is 6.37. The molecule has 6 heteroatoms. The van der Waals surface area contributed by atoms with Crippen molar-refractivity contribution in [1.29, 1.82) is 5.26 Å². The zero-order valence-corrected chi connectivity index (χ0v) is 13.3. The lowest BCUT2D eigenvalue weighted by Crippen LogP contribution is -2.01. The van der Waals surface area contributed by atoms with E-state index in [0.29, 0.717) is 21.5 Å². The Labute approximate surface area is 133 Å². The fraction of sp³-hybridized carbons (Fsp3) is 0.267. The molecule has 0 aliphatic carbocycles. The Hall–Kier alpha value is -1.83. The highest BCUT2D eigenvalue weighted by atomic mass is 35.5. The van der Waals surface area contributed by atoms with E-state index in [0.717, 1.165) is 11.1 Å². The van der Waals surface area contributed by atoms with Crippen LogP contribution in [0.2, 0.25) is 10.0 Å². The number of ether oxygens (including phenoxy) is 1. The van der Waals surface area contributed by atoms with Gasteiger partial charge in [0.25, 0.3) is 0 Å². The van der Waals surface area contributed by atoms with Crippen LogP contribution in [0.3, 0.4) is 0 Å². The second-order valence-corrected chi connectivity index (χ2v) is 5.73. The van der Waals surface area contributed by atoms with E-state index < -0.39 is 0 Å². The van der Waals surface area contributed by atoms with E-state index in [1.807, 2.05) is 26.8 Å². The predicted molar refractivity (Wildman–Crippen MR) is 82.1 cm³/mol. The van der Waals surface area contributed by atoms with Crippen LogP contribution in [0.15, 0.2) is 18.2 Å². The van der Waals surface area contributed by atoms with Crippen LogP contribution >= 0.6 is 23.2 Å². The maximum atomic E-state index is 9.03. The van der Waals surface area contributed by atoms with E-state index in [4.69, 9.17) is 33.2 Å². The van der Waals surface area contributed by atoms with E-state index in [2.05, 4.69) is 10.2 Å². The van der Waals surface area contributed by atoms with Crippen molar-refractivity contribution in [2.24, 2.45) is 0 Å². The SMILES string of the molecule is Cc1cc(Cl)c(Oc2cc(C(C)C)c(C#N)nn2)c(Cl)c1. The average Bonchev–Trinajstić information content (AvgIpc) is 2.42. The Balaban J connectivity index is 2.42. The first kappa shape index (κ1) is 15.6. The van der Waals surface area contributed by atoms with Gasteiger partial charge in [0.15, 0.2) is 11.4 Å². The summed E-state index contributed by atoms with van der Waals surface area (Å²) < 4.78 is 5.64. The molecule has 0 atom stereocenters. The maximum absolute atomic E-state index is 9.03. The Morgan fingerprint density at radius 3 is 2.29 bits per heavy atom. The van der Waals surface area contributed by atoms with Gasteiger partial charge in [-0.15, -0.1) is 10.2 Å². The number of nitrogens with zero attached hydrogens (tertiary/aromatic N) is 3. The Morgan fingerprint density at radius 1 is 1.14 bits per heavy atom. The number of rotatable bonds is 3. The molecule has 4 nitrogen and oxygen atoms in total. The monoisotopic (exact) mass is 321 g/mol. The van der Waals surface area contributed by atoms with Gasteiger partial charge in [0.2, 0.25) is 5.88 Å². The Morgan fingerprint density at radius 2 is 1.76 bits per heavy atom. The maximum Gasteiger partial charge on any atom is 0.239 e. The van der Waals surface area contributed by atoms with Gasteiger partial charge in [-0.3, -0.25) is 0 Å². The summed E-state index contributed by atoms with van der Waals surface area (Å²) in [5.41, 5.74) is 1.99. The van der Waals surface area contributed by atoms with Gasteiger partial charge in [0.1, 0.15) is 6.07 Å². The molecule has 2 rings (SSSR count). The summed E-state index contributed by atoms with van der Waals surface area (Å²) in [6.45, 7) is 5.82. The zero-order valence-electron chi connectivity index (χ0n) is 11.8. The molecule has 0 unspecified atom stereocenters. The molecular weight excluding hydrogens is 309 g/mol. The highest BCUT2D eigenvalue weighted by Crippen LogP contribution is 2.37. The average molecular weight is 322 g/mol. The molecule has 0 bridgehead atoms. The summed E-state index contributed by atoms with van der Waals surface area (Å²) in [4.78, 5) is 0. The molecule has 1 heterocycles. The van der Waals surface area contributed by atoms with Gasteiger partial charge < -0.3 is 4.74 Å². The second kappa shape index (κ2) is 6.30. The van der Waals surface area contributed by atoms with E-state index in [1.165, 1.54) is 0 Å². The minimum atomic E-state index is 0.126. The van der Waals surface area contributed by atoms with Gasteiger partial charge in [-0.05, 0) is 36.1 Å². The normalized spacial score (nSPS) is 10.5. The largest absolute Gasteiger partial charge is 0.434 e. The van der Waals surface area contributed by atoms with Crippen LogP contribution in [0.4, 0.5) is 0 Å². The van der Waals surface area contributed by atoms with Gasteiger partial charge >= 0.3 is 0 Å². The van der Waals surface area contributed by atoms with Gasteiger partial charge in [-0.1, -0.05) is 37.0 Å². The number of hydrogen-bond donors (Lipinski definition) is 0. The molecule has 0 saturated heterocycles. The molecule has 0 aliphatic heterocycles. The lowest BCUT2D eigenvalue weighted by Gasteiger charge is -2.12. The molecule has 21 heavy (non-hydrogen) atoms. The third-order valence-corrected chi connectivity index (χ3v) is 3.44. The predicted octanol–water partition coefficient (Wildman–Crippen LogP) is 4.88. The van der Waals surface area contributed by atoms with Crippen molar-refractivity contribution in [2.75, 3.05) is 0 Å². The lowest BCUT2D eigenvalue weighted by atomic mass is 10.0. The van der Waals surface area contributed by atoms with Crippen LogP contribution in [0, 0.1) is 18.3 Å². The van der Waals surface area contributed by atoms with Crippen molar-refractivity contribution in [2.45, 2.75) is 26.7 Å². The molecule has 108 valence electrons. The van der Waals surface area contributed by atoms with E-state index in [9.17, 15) is 0 Å². The molecule has 1 aromatic heterocycles. The van der Waals surface area contributed by atoms with E-state index in [-0.39, 0.29) is 11.8 Å². The number of aryl methyl sites for hydroxylation is 1. The molecule has 0 fully saturated rings. The van der Waals surface area contributed by atoms with Crippen LogP contribution < -0.4 is 4.74 Å². The van der Waals surface area contributed by atoms with Crippen molar-refractivity contribution in [1.82, 2.24) is 10.2 Å². The third kappa shape index (κ3) is 3.44. The number of halogens is 2. The molecule has 0 N–H and O–H groups in total. The second-order valence-electron chi connectivity index (χ2n) is 4.91. The van der Waals surface area contributed by atoms with Crippen molar-refractivity contribution < 1.29 is 4.74 Å². The van der Waals surface area contributed by atoms with E-state index in [1.54, 1.807) is 18.2 Å². The summed E-state index contributed by atoms with van der Waals surface area (Å²) >= 11 is 12.3. The fourth-order valence-corrected chi connectivity index (χ4v) is 2.53. The van der Waals surface area contributed by atoms with Crippen LogP contribution in [-0.4, -0.2) is 10.2 Å². The topological polar surface area (TPSA) is 58.8 Å². The first-order chi connectivity index (χ1) is 9.92. The van der Waals surface area contributed by atoms with Gasteiger partial charge in [0.05, 0.1) is 10.0 Å². The number of nitriles is 1. The van der Waals surface area contributed by atoms with Crippen LogP contribution in [-0.2, 0) is 0 Å². The summed E-state index contributed by atoms with van der Waals surface area (Å²) in [5.74, 6) is 0.712. The van der Waals surface area contributed by atoms with Gasteiger partial charge in [-0.25, -0.2) is 0 Å². The smallest absolute Gasteiger partial charge is 0.239 e. The summed E-state index contributed by atoms with van der Waals surface area (Å²) in [7, 11) is 0. The zero-order chi connectivity index (χ0) is 15.6. The molecule has 1 aromatic carbocycles. The molecular formula is C15H13Cl2N3O.